The summed E-state index contributed by atoms with van der Waals surface area (Å²) >= 11 is 0. The standard InChI is InChI=1S/C13H19N3O2/c1-9(13(18)16-8-7-11(14)17)12(15)10-5-3-2-4-6-10/h2-6,9,12H,7-8,15H2,1H3,(H2,14,17)(H,16,18). The van der Waals surface area contributed by atoms with Crippen molar-refractivity contribution in [3.8, 4) is 0 Å². The number of amides is 2. The van der Waals surface area contributed by atoms with Gasteiger partial charge in [-0.2, -0.15) is 0 Å². The number of nitrogens with one attached hydrogen (secondary N) is 1. The fourth-order valence-electron chi connectivity index (χ4n) is 1.60. The summed E-state index contributed by atoms with van der Waals surface area (Å²) < 4.78 is 0. The number of rotatable bonds is 6. The van der Waals surface area contributed by atoms with Crippen LogP contribution in [0.2, 0.25) is 0 Å². The number of benzene rings is 1. The number of primary amides is 1. The minimum absolute atomic E-state index is 0.138. The molecule has 0 aromatic heterocycles. The van der Waals surface area contributed by atoms with E-state index in [2.05, 4.69) is 5.32 Å². The molecule has 1 aromatic carbocycles. The lowest BCUT2D eigenvalue weighted by Crippen LogP contribution is -2.37. The van der Waals surface area contributed by atoms with Crippen LogP contribution in [-0.2, 0) is 9.59 Å². The molecule has 5 N–H and O–H groups in total. The number of nitrogens with two attached hydrogens (primary N) is 2. The molecule has 2 amide bonds. The van der Waals surface area contributed by atoms with Gasteiger partial charge in [0, 0.05) is 19.0 Å². The minimum Gasteiger partial charge on any atom is -0.370 e. The summed E-state index contributed by atoms with van der Waals surface area (Å²) in [7, 11) is 0. The summed E-state index contributed by atoms with van der Waals surface area (Å²) in [5.74, 6) is -0.969. The third kappa shape index (κ3) is 4.18. The number of carbonyl (C=O) groups is 2. The van der Waals surface area contributed by atoms with Crippen molar-refractivity contribution in [3.05, 3.63) is 35.9 Å². The van der Waals surface area contributed by atoms with E-state index in [1.807, 2.05) is 30.3 Å². The molecule has 0 saturated heterocycles. The van der Waals surface area contributed by atoms with Crippen molar-refractivity contribution in [1.82, 2.24) is 5.32 Å². The molecular formula is C13H19N3O2. The molecule has 0 aliphatic heterocycles. The topological polar surface area (TPSA) is 98.2 Å². The maximum absolute atomic E-state index is 11.8. The molecule has 0 radical (unpaired) electrons. The Hall–Kier alpha value is -1.88. The van der Waals surface area contributed by atoms with Gasteiger partial charge in [0.15, 0.2) is 0 Å². The highest BCUT2D eigenvalue weighted by atomic mass is 16.2. The molecule has 18 heavy (non-hydrogen) atoms. The molecule has 0 bridgehead atoms. The maximum Gasteiger partial charge on any atom is 0.224 e. The second-order valence-corrected chi connectivity index (χ2v) is 4.23. The Morgan fingerprint density at radius 1 is 1.28 bits per heavy atom. The van der Waals surface area contributed by atoms with Crippen molar-refractivity contribution in [1.29, 1.82) is 0 Å². The monoisotopic (exact) mass is 249 g/mol. The summed E-state index contributed by atoms with van der Waals surface area (Å²) in [5.41, 5.74) is 11.9. The van der Waals surface area contributed by atoms with Crippen LogP contribution in [-0.4, -0.2) is 18.4 Å². The minimum atomic E-state index is -0.435. The Balaban J connectivity index is 2.50. The third-order valence-electron chi connectivity index (χ3n) is 2.81. The van der Waals surface area contributed by atoms with Crippen LogP contribution in [0.25, 0.3) is 0 Å². The first-order valence-corrected chi connectivity index (χ1v) is 5.89. The molecule has 1 rings (SSSR count). The van der Waals surface area contributed by atoms with E-state index < -0.39 is 5.91 Å². The first-order valence-electron chi connectivity index (χ1n) is 5.89. The van der Waals surface area contributed by atoms with Crippen molar-refractivity contribution in [2.24, 2.45) is 17.4 Å². The van der Waals surface area contributed by atoms with Crippen molar-refractivity contribution < 1.29 is 9.59 Å². The largest absolute Gasteiger partial charge is 0.370 e. The Morgan fingerprint density at radius 3 is 2.44 bits per heavy atom. The Kier molecular flexibility index (Phi) is 5.32. The summed E-state index contributed by atoms with van der Waals surface area (Å²) in [6.45, 7) is 2.01. The molecule has 0 fully saturated rings. The van der Waals surface area contributed by atoms with Crippen LogP contribution in [0.1, 0.15) is 24.9 Å². The van der Waals surface area contributed by atoms with Crippen LogP contribution < -0.4 is 16.8 Å². The zero-order valence-corrected chi connectivity index (χ0v) is 10.4. The Bertz CT molecular complexity index is 406. The summed E-state index contributed by atoms with van der Waals surface area (Å²) in [5, 5.41) is 2.64. The smallest absolute Gasteiger partial charge is 0.224 e. The van der Waals surface area contributed by atoms with Crippen molar-refractivity contribution in [2.75, 3.05) is 6.54 Å². The van der Waals surface area contributed by atoms with Crippen LogP contribution in [0, 0.1) is 5.92 Å². The van der Waals surface area contributed by atoms with Gasteiger partial charge < -0.3 is 16.8 Å². The molecule has 2 atom stereocenters. The maximum atomic E-state index is 11.8. The molecular weight excluding hydrogens is 230 g/mol. The van der Waals surface area contributed by atoms with E-state index in [1.54, 1.807) is 6.92 Å². The molecule has 2 unspecified atom stereocenters. The molecule has 0 saturated carbocycles. The quantitative estimate of drug-likeness (QED) is 0.677. The molecule has 1 aromatic rings. The van der Waals surface area contributed by atoms with Crippen molar-refractivity contribution >= 4 is 11.8 Å². The van der Waals surface area contributed by atoms with Crippen LogP contribution in [0.3, 0.4) is 0 Å². The molecule has 0 aliphatic rings. The third-order valence-corrected chi connectivity index (χ3v) is 2.81. The van der Waals surface area contributed by atoms with Gasteiger partial charge in [-0.05, 0) is 5.56 Å². The summed E-state index contributed by atoms with van der Waals surface area (Å²) in [4.78, 5) is 22.3. The molecule has 0 aliphatic carbocycles. The molecule has 98 valence electrons. The fourth-order valence-corrected chi connectivity index (χ4v) is 1.60. The Labute approximate surface area is 107 Å². The number of carbonyl (C=O) groups excluding carboxylic acids is 2. The summed E-state index contributed by atoms with van der Waals surface area (Å²) in [6.07, 6.45) is 0.138. The van der Waals surface area contributed by atoms with E-state index in [4.69, 9.17) is 11.5 Å². The lowest BCUT2D eigenvalue weighted by Gasteiger charge is -2.19. The highest BCUT2D eigenvalue weighted by molar-refractivity contribution is 5.80. The zero-order valence-electron chi connectivity index (χ0n) is 10.4. The molecule has 5 nitrogen and oxygen atoms in total. The average molecular weight is 249 g/mol. The molecule has 0 spiro atoms. The van der Waals surface area contributed by atoms with Gasteiger partial charge in [0.1, 0.15) is 0 Å². The predicted octanol–water partition coefficient (Wildman–Crippen LogP) is 0.314. The van der Waals surface area contributed by atoms with E-state index in [0.717, 1.165) is 5.56 Å². The number of hydrogen-bond acceptors (Lipinski definition) is 3. The first-order chi connectivity index (χ1) is 8.52. The van der Waals surface area contributed by atoms with Gasteiger partial charge in [-0.3, -0.25) is 9.59 Å². The zero-order chi connectivity index (χ0) is 13.5. The van der Waals surface area contributed by atoms with Gasteiger partial charge in [0.25, 0.3) is 0 Å². The van der Waals surface area contributed by atoms with E-state index in [1.165, 1.54) is 0 Å². The number of hydrogen-bond donors (Lipinski definition) is 3. The second kappa shape index (κ2) is 6.76. The van der Waals surface area contributed by atoms with Gasteiger partial charge in [0.05, 0.1) is 5.92 Å². The summed E-state index contributed by atoms with van der Waals surface area (Å²) in [6, 6.07) is 9.07. The van der Waals surface area contributed by atoms with Gasteiger partial charge in [-0.1, -0.05) is 37.3 Å². The lowest BCUT2D eigenvalue weighted by atomic mass is 9.95. The highest BCUT2D eigenvalue weighted by Crippen LogP contribution is 2.18. The van der Waals surface area contributed by atoms with E-state index >= 15 is 0 Å². The Morgan fingerprint density at radius 2 is 1.89 bits per heavy atom. The van der Waals surface area contributed by atoms with Crippen LogP contribution in [0.4, 0.5) is 0 Å². The fraction of sp³-hybridized carbons (Fsp3) is 0.385. The van der Waals surface area contributed by atoms with Crippen LogP contribution in [0.15, 0.2) is 30.3 Å². The van der Waals surface area contributed by atoms with Gasteiger partial charge in [0.2, 0.25) is 11.8 Å². The normalized spacial score (nSPS) is 13.7. The first kappa shape index (κ1) is 14.2. The molecule has 5 heteroatoms. The average Bonchev–Trinajstić information content (AvgIpc) is 2.37. The lowest BCUT2D eigenvalue weighted by molar-refractivity contribution is -0.125. The van der Waals surface area contributed by atoms with E-state index in [0.29, 0.717) is 0 Å². The van der Waals surface area contributed by atoms with E-state index in [9.17, 15) is 9.59 Å². The van der Waals surface area contributed by atoms with Crippen LogP contribution >= 0.6 is 0 Å². The predicted molar refractivity (Wildman–Crippen MR) is 69.4 cm³/mol. The van der Waals surface area contributed by atoms with Crippen LogP contribution in [0.5, 0.6) is 0 Å². The SMILES string of the molecule is CC(C(=O)NCCC(N)=O)C(N)c1ccccc1. The highest BCUT2D eigenvalue weighted by Gasteiger charge is 2.21. The van der Waals surface area contributed by atoms with Gasteiger partial charge >= 0.3 is 0 Å². The molecule has 0 heterocycles. The van der Waals surface area contributed by atoms with E-state index in [-0.39, 0.29) is 30.8 Å². The van der Waals surface area contributed by atoms with Crippen molar-refractivity contribution in [2.45, 2.75) is 19.4 Å². The second-order valence-electron chi connectivity index (χ2n) is 4.23. The van der Waals surface area contributed by atoms with Crippen molar-refractivity contribution in [3.63, 3.8) is 0 Å². The van der Waals surface area contributed by atoms with Gasteiger partial charge in [-0.25, -0.2) is 0 Å². The van der Waals surface area contributed by atoms with Gasteiger partial charge in [-0.15, -0.1) is 0 Å².